The number of hydrogen-bond donors (Lipinski definition) is 1. The van der Waals surface area contributed by atoms with Gasteiger partial charge >= 0.3 is 0 Å². The zero-order valence-electron chi connectivity index (χ0n) is 11.4. The van der Waals surface area contributed by atoms with Gasteiger partial charge in [0.2, 0.25) is 5.88 Å². The molecule has 2 aromatic heterocycles. The number of ether oxygens (including phenoxy) is 1. The molecule has 0 aliphatic carbocycles. The molecule has 2 aromatic rings. The lowest BCUT2D eigenvalue weighted by Crippen LogP contribution is -2.35. The van der Waals surface area contributed by atoms with Crippen molar-refractivity contribution in [2.45, 2.75) is 32.9 Å². The highest BCUT2D eigenvalue weighted by Crippen LogP contribution is 2.16. The summed E-state index contributed by atoms with van der Waals surface area (Å²) in [4.78, 5) is 12.5. The van der Waals surface area contributed by atoms with Crippen LogP contribution in [-0.2, 0) is 6.54 Å². The van der Waals surface area contributed by atoms with Crippen molar-refractivity contribution in [3.8, 4) is 11.6 Å². The van der Waals surface area contributed by atoms with Gasteiger partial charge in [-0.15, -0.1) is 0 Å². The molecule has 0 atom stereocenters. The van der Waals surface area contributed by atoms with E-state index in [2.05, 4.69) is 41.0 Å². The molecular formula is C14H18N4O. The summed E-state index contributed by atoms with van der Waals surface area (Å²) >= 11 is 0. The Hall–Kier alpha value is -2.01. The molecule has 0 aromatic carbocycles. The molecule has 0 radical (unpaired) electrons. The average molecular weight is 258 g/mol. The molecule has 0 aliphatic heterocycles. The summed E-state index contributed by atoms with van der Waals surface area (Å²) < 4.78 is 5.59. The monoisotopic (exact) mass is 258 g/mol. The molecule has 0 spiro atoms. The van der Waals surface area contributed by atoms with Crippen LogP contribution in [0.1, 0.15) is 26.5 Å². The first-order valence-corrected chi connectivity index (χ1v) is 6.17. The third-order valence-corrected chi connectivity index (χ3v) is 2.32. The van der Waals surface area contributed by atoms with Crippen molar-refractivity contribution in [1.29, 1.82) is 0 Å². The van der Waals surface area contributed by atoms with Crippen molar-refractivity contribution < 1.29 is 4.74 Å². The van der Waals surface area contributed by atoms with Crippen LogP contribution in [0.3, 0.4) is 0 Å². The molecule has 2 heterocycles. The molecule has 0 saturated heterocycles. The van der Waals surface area contributed by atoms with Crippen molar-refractivity contribution in [3.05, 3.63) is 42.6 Å². The smallest absolute Gasteiger partial charge is 0.238 e. The minimum atomic E-state index is 0.0435. The van der Waals surface area contributed by atoms with Gasteiger partial charge in [-0.05, 0) is 32.9 Å². The molecule has 0 aliphatic rings. The van der Waals surface area contributed by atoms with E-state index in [1.54, 1.807) is 24.8 Å². The third-order valence-electron chi connectivity index (χ3n) is 2.32. The van der Waals surface area contributed by atoms with Crippen LogP contribution in [0.2, 0.25) is 0 Å². The van der Waals surface area contributed by atoms with E-state index < -0.39 is 0 Å². The molecule has 100 valence electrons. The van der Waals surface area contributed by atoms with Crippen LogP contribution in [0, 0.1) is 0 Å². The fourth-order valence-electron chi connectivity index (χ4n) is 1.40. The predicted molar refractivity (Wildman–Crippen MR) is 72.9 cm³/mol. The average Bonchev–Trinajstić information content (AvgIpc) is 2.37. The summed E-state index contributed by atoms with van der Waals surface area (Å²) in [6.45, 7) is 6.98. The fraction of sp³-hybridized carbons (Fsp3) is 0.357. The largest absolute Gasteiger partial charge is 0.436 e. The van der Waals surface area contributed by atoms with Gasteiger partial charge in [0, 0.05) is 24.5 Å². The molecule has 0 bridgehead atoms. The molecule has 0 amide bonds. The second kappa shape index (κ2) is 5.75. The van der Waals surface area contributed by atoms with Crippen LogP contribution in [0.5, 0.6) is 11.6 Å². The van der Waals surface area contributed by atoms with Gasteiger partial charge in [0.15, 0.2) is 0 Å². The topological polar surface area (TPSA) is 59.9 Å². The van der Waals surface area contributed by atoms with Crippen molar-refractivity contribution in [3.63, 3.8) is 0 Å². The maximum atomic E-state index is 5.59. The van der Waals surface area contributed by atoms with Gasteiger partial charge < -0.3 is 10.1 Å². The second-order valence-corrected chi connectivity index (χ2v) is 5.24. The molecule has 0 saturated carbocycles. The maximum absolute atomic E-state index is 5.59. The van der Waals surface area contributed by atoms with Crippen molar-refractivity contribution in [2.75, 3.05) is 0 Å². The third kappa shape index (κ3) is 4.63. The molecule has 0 unspecified atom stereocenters. The van der Waals surface area contributed by atoms with E-state index in [0.29, 0.717) is 18.2 Å². The van der Waals surface area contributed by atoms with Crippen molar-refractivity contribution >= 4 is 0 Å². The first-order chi connectivity index (χ1) is 9.03. The first-order valence-electron chi connectivity index (χ1n) is 6.17. The van der Waals surface area contributed by atoms with E-state index in [9.17, 15) is 0 Å². The zero-order chi connectivity index (χ0) is 13.7. The van der Waals surface area contributed by atoms with Crippen LogP contribution < -0.4 is 10.1 Å². The number of rotatable bonds is 4. The van der Waals surface area contributed by atoms with Gasteiger partial charge in [0.25, 0.3) is 0 Å². The Labute approximate surface area is 113 Å². The minimum absolute atomic E-state index is 0.0435. The lowest BCUT2D eigenvalue weighted by molar-refractivity contribution is 0.414. The van der Waals surface area contributed by atoms with Crippen LogP contribution in [0.15, 0.2) is 36.9 Å². The lowest BCUT2D eigenvalue weighted by Gasteiger charge is -2.20. The Balaban J connectivity index is 2.03. The quantitative estimate of drug-likeness (QED) is 0.913. The number of pyridine rings is 1. The minimum Gasteiger partial charge on any atom is -0.436 e. The van der Waals surface area contributed by atoms with Gasteiger partial charge in [-0.25, -0.2) is 4.98 Å². The van der Waals surface area contributed by atoms with Crippen molar-refractivity contribution in [2.24, 2.45) is 0 Å². The Bertz CT molecular complexity index is 522. The van der Waals surface area contributed by atoms with Gasteiger partial charge in [0.1, 0.15) is 5.75 Å². The Morgan fingerprint density at radius 3 is 2.68 bits per heavy atom. The van der Waals surface area contributed by atoms with E-state index in [1.807, 2.05) is 12.1 Å². The van der Waals surface area contributed by atoms with Crippen LogP contribution in [-0.4, -0.2) is 20.5 Å². The number of nitrogens with zero attached hydrogens (tertiary/aromatic N) is 3. The van der Waals surface area contributed by atoms with Crippen LogP contribution in [0.4, 0.5) is 0 Å². The SMILES string of the molecule is CC(C)(C)NCc1cncc(Oc2cccnc2)n1. The molecular weight excluding hydrogens is 240 g/mol. The van der Waals surface area contributed by atoms with Crippen LogP contribution >= 0.6 is 0 Å². The summed E-state index contributed by atoms with van der Waals surface area (Å²) in [5.74, 6) is 1.12. The van der Waals surface area contributed by atoms with Gasteiger partial charge in [0.05, 0.1) is 18.1 Å². The van der Waals surface area contributed by atoms with E-state index in [-0.39, 0.29) is 5.54 Å². The Morgan fingerprint density at radius 2 is 2.00 bits per heavy atom. The van der Waals surface area contributed by atoms with Gasteiger partial charge in [-0.1, -0.05) is 0 Å². The fourth-order valence-corrected chi connectivity index (χ4v) is 1.40. The lowest BCUT2D eigenvalue weighted by atomic mass is 10.1. The maximum Gasteiger partial charge on any atom is 0.238 e. The molecule has 19 heavy (non-hydrogen) atoms. The van der Waals surface area contributed by atoms with Crippen molar-refractivity contribution in [1.82, 2.24) is 20.3 Å². The summed E-state index contributed by atoms with van der Waals surface area (Å²) in [6.07, 6.45) is 6.66. The molecule has 5 heteroatoms. The van der Waals surface area contributed by atoms with Crippen LogP contribution in [0.25, 0.3) is 0 Å². The van der Waals surface area contributed by atoms with E-state index in [4.69, 9.17) is 4.74 Å². The summed E-state index contributed by atoms with van der Waals surface area (Å²) in [5, 5.41) is 3.36. The molecule has 2 rings (SSSR count). The van der Waals surface area contributed by atoms with Gasteiger partial charge in [-0.3, -0.25) is 9.97 Å². The van der Waals surface area contributed by atoms with Gasteiger partial charge in [-0.2, -0.15) is 0 Å². The molecule has 5 nitrogen and oxygen atoms in total. The second-order valence-electron chi connectivity index (χ2n) is 5.24. The highest BCUT2D eigenvalue weighted by Gasteiger charge is 2.09. The Kier molecular flexibility index (Phi) is 4.06. The Morgan fingerprint density at radius 1 is 1.16 bits per heavy atom. The number of nitrogens with one attached hydrogen (secondary N) is 1. The summed E-state index contributed by atoms with van der Waals surface area (Å²) in [5.41, 5.74) is 0.887. The summed E-state index contributed by atoms with van der Waals surface area (Å²) in [6, 6.07) is 3.64. The molecule has 0 fully saturated rings. The van der Waals surface area contributed by atoms with E-state index >= 15 is 0 Å². The zero-order valence-corrected chi connectivity index (χ0v) is 11.4. The highest BCUT2D eigenvalue weighted by molar-refractivity contribution is 5.22. The first kappa shape index (κ1) is 13.4. The number of hydrogen-bond acceptors (Lipinski definition) is 5. The molecule has 1 N–H and O–H groups in total. The summed E-state index contributed by atoms with van der Waals surface area (Å²) in [7, 11) is 0. The van der Waals surface area contributed by atoms with E-state index in [1.165, 1.54) is 0 Å². The van der Waals surface area contributed by atoms with E-state index in [0.717, 1.165) is 5.69 Å². The normalized spacial score (nSPS) is 11.3. The standard InChI is InChI=1S/C14H18N4O/c1-14(2,3)17-8-11-7-16-10-13(18-11)19-12-5-4-6-15-9-12/h4-7,9-10,17H,8H2,1-3H3. The number of aromatic nitrogens is 3. The highest BCUT2D eigenvalue weighted by atomic mass is 16.5. The predicted octanol–water partition coefficient (Wildman–Crippen LogP) is 2.55.